The Morgan fingerprint density at radius 2 is 1.80 bits per heavy atom. The van der Waals surface area contributed by atoms with Crippen LogP contribution in [0.5, 0.6) is 5.88 Å². The minimum Gasteiger partial charge on any atom is -0.473 e. The van der Waals surface area contributed by atoms with Crippen LogP contribution in [0.15, 0.2) is 77.4 Å². The molecule has 0 radical (unpaired) electrons. The standard InChI is InChI=1S/C24H19FN2O3/c1-16-21(24(27-30-16)18-5-3-2-4-6-18)15-29-23-12-9-19(14-26-23)22(28)13-17-7-10-20(25)11-8-17/h2-12,14H,13,15H2,1H3. The van der Waals surface area contributed by atoms with Crippen molar-refractivity contribution in [3.8, 4) is 17.1 Å². The predicted molar refractivity (Wildman–Crippen MR) is 110 cm³/mol. The smallest absolute Gasteiger partial charge is 0.213 e. The molecule has 0 aliphatic rings. The summed E-state index contributed by atoms with van der Waals surface area (Å²) in [5.74, 6) is 0.655. The molecule has 2 aromatic heterocycles. The van der Waals surface area contributed by atoms with E-state index in [-0.39, 0.29) is 24.6 Å². The molecule has 0 aliphatic carbocycles. The van der Waals surface area contributed by atoms with Gasteiger partial charge in [-0.2, -0.15) is 0 Å². The molecule has 30 heavy (non-hydrogen) atoms. The molecular weight excluding hydrogens is 383 g/mol. The number of Topliss-reactive ketones (excluding diaryl/α,β-unsaturated/α-hetero) is 1. The number of nitrogens with zero attached hydrogens (tertiary/aromatic N) is 2. The number of ketones is 1. The Morgan fingerprint density at radius 3 is 2.50 bits per heavy atom. The predicted octanol–water partition coefficient (Wildman–Crippen LogP) is 5.19. The molecule has 0 N–H and O–H groups in total. The Bertz CT molecular complexity index is 1140. The van der Waals surface area contributed by atoms with E-state index >= 15 is 0 Å². The zero-order chi connectivity index (χ0) is 20.9. The maximum atomic E-state index is 13.0. The number of hydrogen-bond donors (Lipinski definition) is 0. The second-order valence-electron chi connectivity index (χ2n) is 6.83. The number of carbonyl (C=O) groups excluding carboxylic acids is 1. The van der Waals surface area contributed by atoms with Crippen molar-refractivity contribution < 1.29 is 18.4 Å². The van der Waals surface area contributed by atoms with Crippen molar-refractivity contribution in [3.63, 3.8) is 0 Å². The van der Waals surface area contributed by atoms with Gasteiger partial charge in [0.1, 0.15) is 23.9 Å². The molecule has 4 aromatic rings. The number of benzene rings is 2. The summed E-state index contributed by atoms with van der Waals surface area (Å²) in [5.41, 5.74) is 3.75. The lowest BCUT2D eigenvalue weighted by Crippen LogP contribution is -2.05. The normalized spacial score (nSPS) is 10.7. The lowest BCUT2D eigenvalue weighted by Gasteiger charge is -2.07. The Hall–Kier alpha value is -3.80. The minimum atomic E-state index is -0.326. The first-order valence-electron chi connectivity index (χ1n) is 9.47. The van der Waals surface area contributed by atoms with Gasteiger partial charge in [0.25, 0.3) is 0 Å². The number of rotatable bonds is 7. The van der Waals surface area contributed by atoms with Gasteiger partial charge in [0.05, 0.1) is 5.56 Å². The van der Waals surface area contributed by atoms with Crippen molar-refractivity contribution in [3.05, 3.63) is 101 Å². The summed E-state index contributed by atoms with van der Waals surface area (Å²) in [5, 5.41) is 4.14. The molecule has 4 rings (SSSR count). The molecule has 6 heteroatoms. The van der Waals surface area contributed by atoms with Gasteiger partial charge >= 0.3 is 0 Å². The van der Waals surface area contributed by atoms with Gasteiger partial charge in [-0.15, -0.1) is 0 Å². The van der Waals surface area contributed by atoms with Gasteiger partial charge in [0.15, 0.2) is 5.78 Å². The molecule has 0 amide bonds. The average Bonchev–Trinajstić information content (AvgIpc) is 3.15. The van der Waals surface area contributed by atoms with Crippen molar-refractivity contribution in [1.29, 1.82) is 0 Å². The molecule has 150 valence electrons. The molecule has 5 nitrogen and oxygen atoms in total. The van der Waals surface area contributed by atoms with E-state index in [1.54, 1.807) is 24.3 Å². The zero-order valence-corrected chi connectivity index (χ0v) is 16.3. The first-order valence-corrected chi connectivity index (χ1v) is 9.47. The van der Waals surface area contributed by atoms with E-state index in [0.717, 1.165) is 22.4 Å². The van der Waals surface area contributed by atoms with Crippen LogP contribution in [-0.2, 0) is 13.0 Å². The topological polar surface area (TPSA) is 65.2 Å². The van der Waals surface area contributed by atoms with Crippen LogP contribution in [0.4, 0.5) is 4.39 Å². The minimum absolute atomic E-state index is 0.0955. The largest absolute Gasteiger partial charge is 0.473 e. The molecule has 0 aliphatic heterocycles. The van der Waals surface area contributed by atoms with E-state index in [9.17, 15) is 9.18 Å². The second kappa shape index (κ2) is 8.69. The molecule has 0 saturated carbocycles. The molecule has 0 saturated heterocycles. The zero-order valence-electron chi connectivity index (χ0n) is 16.3. The van der Waals surface area contributed by atoms with Crippen molar-refractivity contribution in [2.75, 3.05) is 0 Å². The third kappa shape index (κ3) is 4.43. The molecule has 2 heterocycles. The molecule has 0 fully saturated rings. The number of aryl methyl sites for hydroxylation is 1. The highest BCUT2D eigenvalue weighted by Gasteiger charge is 2.16. The fraction of sp³-hybridized carbons (Fsp3) is 0.125. The number of halogens is 1. The molecule has 0 bridgehead atoms. The molecule has 0 unspecified atom stereocenters. The fourth-order valence-electron chi connectivity index (χ4n) is 3.05. The lowest BCUT2D eigenvalue weighted by molar-refractivity contribution is 0.0992. The first-order chi connectivity index (χ1) is 14.6. The SMILES string of the molecule is Cc1onc(-c2ccccc2)c1COc1ccc(C(=O)Cc2ccc(F)cc2)cn1. The maximum absolute atomic E-state index is 13.0. The molecule has 0 atom stereocenters. The number of pyridine rings is 1. The highest BCUT2D eigenvalue weighted by atomic mass is 19.1. The van der Waals surface area contributed by atoms with Crippen LogP contribution in [0.25, 0.3) is 11.3 Å². The second-order valence-corrected chi connectivity index (χ2v) is 6.83. The third-order valence-electron chi connectivity index (χ3n) is 4.73. The number of ether oxygens (including phenoxy) is 1. The van der Waals surface area contributed by atoms with Crippen LogP contribution in [0.1, 0.15) is 27.2 Å². The Balaban J connectivity index is 1.42. The Kier molecular flexibility index (Phi) is 5.66. The van der Waals surface area contributed by atoms with Crippen LogP contribution >= 0.6 is 0 Å². The van der Waals surface area contributed by atoms with E-state index in [1.807, 2.05) is 37.3 Å². The molecule has 0 spiro atoms. The van der Waals surface area contributed by atoms with Crippen LogP contribution in [0.2, 0.25) is 0 Å². The third-order valence-corrected chi connectivity index (χ3v) is 4.73. The van der Waals surface area contributed by atoms with E-state index in [2.05, 4.69) is 10.1 Å². The van der Waals surface area contributed by atoms with E-state index < -0.39 is 0 Å². The summed E-state index contributed by atoms with van der Waals surface area (Å²) in [6, 6.07) is 18.9. The maximum Gasteiger partial charge on any atom is 0.213 e. The molecular formula is C24H19FN2O3. The summed E-state index contributed by atoms with van der Waals surface area (Å²) in [7, 11) is 0. The van der Waals surface area contributed by atoms with Crippen LogP contribution in [0.3, 0.4) is 0 Å². The van der Waals surface area contributed by atoms with Crippen LogP contribution in [-0.4, -0.2) is 15.9 Å². The van der Waals surface area contributed by atoms with E-state index in [0.29, 0.717) is 17.2 Å². The summed E-state index contributed by atoms with van der Waals surface area (Å²) < 4.78 is 24.1. The van der Waals surface area contributed by atoms with E-state index in [1.165, 1.54) is 18.3 Å². The van der Waals surface area contributed by atoms with Gasteiger partial charge in [0, 0.05) is 29.8 Å². The van der Waals surface area contributed by atoms with Crippen molar-refractivity contribution in [2.24, 2.45) is 0 Å². The molecule has 2 aromatic carbocycles. The number of carbonyl (C=O) groups is 1. The van der Waals surface area contributed by atoms with Gasteiger partial charge in [0.2, 0.25) is 5.88 Å². The fourth-order valence-corrected chi connectivity index (χ4v) is 3.05. The number of aromatic nitrogens is 2. The monoisotopic (exact) mass is 402 g/mol. The van der Waals surface area contributed by atoms with Crippen molar-refractivity contribution >= 4 is 5.78 Å². The van der Waals surface area contributed by atoms with Crippen LogP contribution < -0.4 is 4.74 Å². The first kappa shape index (κ1) is 19.5. The summed E-state index contributed by atoms with van der Waals surface area (Å²) in [4.78, 5) is 16.6. The average molecular weight is 402 g/mol. The summed E-state index contributed by atoms with van der Waals surface area (Å²) in [6.45, 7) is 2.08. The highest BCUT2D eigenvalue weighted by Crippen LogP contribution is 2.26. The summed E-state index contributed by atoms with van der Waals surface area (Å²) in [6.07, 6.45) is 1.67. The Labute approximate surface area is 173 Å². The van der Waals surface area contributed by atoms with Crippen LogP contribution in [0, 0.1) is 12.7 Å². The van der Waals surface area contributed by atoms with Gasteiger partial charge in [-0.05, 0) is 30.7 Å². The lowest BCUT2D eigenvalue weighted by atomic mass is 10.0. The van der Waals surface area contributed by atoms with E-state index in [4.69, 9.17) is 9.26 Å². The summed E-state index contributed by atoms with van der Waals surface area (Å²) >= 11 is 0. The van der Waals surface area contributed by atoms with Gasteiger partial charge in [-0.1, -0.05) is 47.6 Å². The van der Waals surface area contributed by atoms with Crippen molar-refractivity contribution in [1.82, 2.24) is 10.1 Å². The van der Waals surface area contributed by atoms with Gasteiger partial charge < -0.3 is 9.26 Å². The van der Waals surface area contributed by atoms with Crippen molar-refractivity contribution in [2.45, 2.75) is 20.0 Å². The van der Waals surface area contributed by atoms with Gasteiger partial charge in [-0.25, -0.2) is 9.37 Å². The Morgan fingerprint density at radius 1 is 1.03 bits per heavy atom. The highest BCUT2D eigenvalue weighted by molar-refractivity contribution is 5.97. The van der Waals surface area contributed by atoms with Gasteiger partial charge in [-0.3, -0.25) is 4.79 Å². The quantitative estimate of drug-likeness (QED) is 0.398. The number of hydrogen-bond acceptors (Lipinski definition) is 5.